The molecule has 2 aliphatic carbocycles. The lowest BCUT2D eigenvalue weighted by Crippen LogP contribution is -2.26. The summed E-state index contributed by atoms with van der Waals surface area (Å²) >= 11 is 0. The van der Waals surface area contributed by atoms with E-state index in [9.17, 15) is 0 Å². The quantitative estimate of drug-likeness (QED) is 0.162. The highest BCUT2D eigenvalue weighted by Crippen LogP contribution is 2.57. The molecule has 4 nitrogen and oxygen atoms in total. The second kappa shape index (κ2) is 14.0. The predicted molar refractivity (Wildman–Crippen MR) is 264 cm³/mol. The van der Waals surface area contributed by atoms with Crippen molar-refractivity contribution in [2.45, 2.75) is 25.2 Å². The lowest BCUT2D eigenvalue weighted by atomic mass is 9.72. The number of fused-ring (bicyclic) bond motifs is 11. The summed E-state index contributed by atoms with van der Waals surface area (Å²) in [6.45, 7) is 4.72. The fourth-order valence-electron chi connectivity index (χ4n) is 11.0. The van der Waals surface area contributed by atoms with Crippen molar-refractivity contribution in [3.05, 3.63) is 217 Å². The zero-order valence-corrected chi connectivity index (χ0v) is 35.5. The molecule has 2 heterocycles. The Hall–Kier alpha value is -7.95. The lowest BCUT2D eigenvalue weighted by molar-refractivity contribution is 0.398. The van der Waals surface area contributed by atoms with Gasteiger partial charge in [0.05, 0.1) is 0 Å². The van der Waals surface area contributed by atoms with Crippen LogP contribution in [0.1, 0.15) is 36.7 Å². The molecule has 9 aromatic carbocycles. The number of hydrogen-bond donors (Lipinski definition) is 0. The van der Waals surface area contributed by atoms with Crippen molar-refractivity contribution < 1.29 is 4.42 Å². The Morgan fingerprint density at radius 2 is 1.11 bits per heavy atom. The topological polar surface area (TPSA) is 51.8 Å². The van der Waals surface area contributed by atoms with Gasteiger partial charge in [-0.2, -0.15) is 0 Å². The number of furan rings is 1. The molecule has 0 N–H and O–H groups in total. The fraction of sp³-hybridized carbons (Fsp3) is 0.0833. The SMILES string of the molecule is CC1(C)c2ccccc2C2C(c3nc(-c4ccccc4)nc(-c4cccc(-c5cccc6oc7ccc(-c8cccc9c8ccc8c%10ccccc%10ccc98)cc7c56)c4)n3)=CC=CC21. The number of rotatable bonds is 5. The zero-order chi connectivity index (χ0) is 42.5. The van der Waals surface area contributed by atoms with Gasteiger partial charge in [-0.1, -0.05) is 190 Å². The van der Waals surface area contributed by atoms with Crippen LogP contribution in [0.2, 0.25) is 0 Å². The Morgan fingerprint density at radius 1 is 0.453 bits per heavy atom. The summed E-state index contributed by atoms with van der Waals surface area (Å²) < 4.78 is 6.58. The van der Waals surface area contributed by atoms with Gasteiger partial charge in [0.15, 0.2) is 17.5 Å². The Balaban J connectivity index is 0.941. The Bertz CT molecular complexity index is 3780. The van der Waals surface area contributed by atoms with Crippen LogP contribution in [0.3, 0.4) is 0 Å². The summed E-state index contributed by atoms with van der Waals surface area (Å²) in [5.41, 5.74) is 11.9. The molecule has 0 amide bonds. The third kappa shape index (κ3) is 5.58. The highest BCUT2D eigenvalue weighted by molar-refractivity contribution is 6.20. The fourth-order valence-corrected chi connectivity index (χ4v) is 11.0. The van der Waals surface area contributed by atoms with Crippen molar-refractivity contribution in [3.63, 3.8) is 0 Å². The summed E-state index contributed by atoms with van der Waals surface area (Å²) in [7, 11) is 0. The lowest BCUT2D eigenvalue weighted by Gasteiger charge is -2.31. The van der Waals surface area contributed by atoms with Crippen LogP contribution in [0.4, 0.5) is 0 Å². The first-order chi connectivity index (χ1) is 31.5. The van der Waals surface area contributed by atoms with E-state index in [0.29, 0.717) is 23.4 Å². The first-order valence-electron chi connectivity index (χ1n) is 22.2. The van der Waals surface area contributed by atoms with E-state index in [4.69, 9.17) is 19.4 Å². The molecule has 302 valence electrons. The number of allylic oxidation sites excluding steroid dienone is 4. The van der Waals surface area contributed by atoms with Gasteiger partial charge in [-0.3, -0.25) is 0 Å². The predicted octanol–water partition coefficient (Wildman–Crippen LogP) is 15.5. The molecule has 0 bridgehead atoms. The molecule has 0 radical (unpaired) electrons. The van der Waals surface area contributed by atoms with E-state index < -0.39 is 0 Å². The van der Waals surface area contributed by atoms with Crippen molar-refractivity contribution in [1.82, 2.24) is 15.0 Å². The average molecular weight is 820 g/mol. The van der Waals surface area contributed by atoms with Gasteiger partial charge in [-0.15, -0.1) is 0 Å². The average Bonchev–Trinajstić information content (AvgIpc) is 3.85. The maximum atomic E-state index is 6.58. The number of aromatic nitrogens is 3. The van der Waals surface area contributed by atoms with Gasteiger partial charge in [0, 0.05) is 33.4 Å². The largest absolute Gasteiger partial charge is 0.456 e. The third-order valence-electron chi connectivity index (χ3n) is 14.1. The normalized spacial score (nSPS) is 16.4. The second-order valence-corrected chi connectivity index (χ2v) is 17.9. The van der Waals surface area contributed by atoms with Gasteiger partial charge in [-0.05, 0) is 101 Å². The highest BCUT2D eigenvalue weighted by atomic mass is 16.3. The summed E-state index contributed by atoms with van der Waals surface area (Å²) in [4.78, 5) is 15.7. The molecule has 4 heteroatoms. The van der Waals surface area contributed by atoms with E-state index in [1.54, 1.807) is 0 Å². The van der Waals surface area contributed by atoms with Crippen LogP contribution in [-0.4, -0.2) is 15.0 Å². The van der Waals surface area contributed by atoms with Crippen molar-refractivity contribution in [2.75, 3.05) is 0 Å². The molecule has 0 fully saturated rings. The summed E-state index contributed by atoms with van der Waals surface area (Å²) in [6, 6.07) is 65.1. The molecule has 2 atom stereocenters. The first-order valence-corrected chi connectivity index (χ1v) is 22.2. The minimum Gasteiger partial charge on any atom is -0.456 e. The molecule has 64 heavy (non-hydrogen) atoms. The van der Waals surface area contributed by atoms with Crippen molar-refractivity contribution in [2.24, 2.45) is 5.92 Å². The summed E-state index contributed by atoms with van der Waals surface area (Å²) in [5, 5.41) is 9.72. The zero-order valence-electron chi connectivity index (χ0n) is 35.5. The van der Waals surface area contributed by atoms with Crippen LogP contribution in [-0.2, 0) is 5.41 Å². The molecule has 2 aromatic heterocycles. The molecule has 2 unspecified atom stereocenters. The smallest absolute Gasteiger partial charge is 0.164 e. The second-order valence-electron chi connectivity index (χ2n) is 17.9. The van der Waals surface area contributed by atoms with Gasteiger partial charge in [-0.25, -0.2) is 15.0 Å². The van der Waals surface area contributed by atoms with Crippen LogP contribution in [0.15, 0.2) is 205 Å². The van der Waals surface area contributed by atoms with E-state index in [1.807, 2.05) is 18.2 Å². The van der Waals surface area contributed by atoms with Crippen LogP contribution in [0.25, 0.3) is 105 Å². The summed E-state index contributed by atoms with van der Waals surface area (Å²) in [5.74, 6) is 2.46. The van der Waals surface area contributed by atoms with E-state index >= 15 is 0 Å². The first kappa shape index (κ1) is 36.7. The van der Waals surface area contributed by atoms with Crippen molar-refractivity contribution in [1.29, 1.82) is 0 Å². The molecule has 0 saturated carbocycles. The molecule has 0 aliphatic heterocycles. The van der Waals surface area contributed by atoms with Crippen LogP contribution >= 0.6 is 0 Å². The van der Waals surface area contributed by atoms with E-state index in [0.717, 1.165) is 55.3 Å². The van der Waals surface area contributed by atoms with Crippen molar-refractivity contribution in [3.8, 4) is 45.0 Å². The minimum atomic E-state index is -0.0255. The van der Waals surface area contributed by atoms with Crippen LogP contribution < -0.4 is 0 Å². The standard InChI is InChI=1S/C60H41N3O/c1-60(2)51-25-9-8-20-48(51)55-49(24-12-26-52(55)60)59-62-57(37-15-4-3-5-16-37)61-58(63-59)40-18-10-17-38(34-40)43-22-13-27-54-56(43)50-35-39(29-33-53(50)64-54)42-21-11-23-44-46(42)32-31-45-41-19-7-6-14-36(41)28-30-47(44)45/h3-35,52,55H,1-2H3. The Morgan fingerprint density at radius 3 is 2.03 bits per heavy atom. The van der Waals surface area contributed by atoms with Gasteiger partial charge in [0.1, 0.15) is 11.2 Å². The van der Waals surface area contributed by atoms with Crippen molar-refractivity contribution >= 4 is 59.8 Å². The van der Waals surface area contributed by atoms with E-state index in [1.165, 1.54) is 49.0 Å². The minimum absolute atomic E-state index is 0.0255. The molecule has 13 rings (SSSR count). The third-order valence-corrected chi connectivity index (χ3v) is 14.1. The molecular formula is C60H41N3O. The van der Waals surface area contributed by atoms with Gasteiger partial charge in [0.2, 0.25) is 0 Å². The van der Waals surface area contributed by atoms with Crippen LogP contribution in [0.5, 0.6) is 0 Å². The maximum Gasteiger partial charge on any atom is 0.164 e. The van der Waals surface area contributed by atoms with E-state index in [2.05, 4.69) is 196 Å². The maximum absolute atomic E-state index is 6.58. The van der Waals surface area contributed by atoms with E-state index in [-0.39, 0.29) is 11.3 Å². The molecular weight excluding hydrogens is 779 g/mol. The van der Waals surface area contributed by atoms with Gasteiger partial charge in [0.25, 0.3) is 0 Å². The monoisotopic (exact) mass is 819 g/mol. The number of benzene rings is 9. The summed E-state index contributed by atoms with van der Waals surface area (Å²) in [6.07, 6.45) is 6.78. The molecule has 0 spiro atoms. The Kier molecular flexibility index (Phi) is 8.04. The number of nitrogens with zero attached hydrogens (tertiary/aromatic N) is 3. The molecule has 2 aliphatic rings. The van der Waals surface area contributed by atoms with Gasteiger partial charge < -0.3 is 4.42 Å². The Labute approximate surface area is 370 Å². The molecule has 0 saturated heterocycles. The van der Waals surface area contributed by atoms with Crippen LogP contribution in [0, 0.1) is 5.92 Å². The molecule has 11 aromatic rings. The highest BCUT2D eigenvalue weighted by Gasteiger charge is 2.47. The van der Waals surface area contributed by atoms with Gasteiger partial charge >= 0.3 is 0 Å². The number of hydrogen-bond acceptors (Lipinski definition) is 4.